The number of aromatic nitrogens is 4. The molecule has 8 heteroatoms. The van der Waals surface area contributed by atoms with Gasteiger partial charge in [0.1, 0.15) is 11.2 Å². The predicted octanol–water partition coefficient (Wildman–Crippen LogP) is 3.64. The second-order valence-corrected chi connectivity index (χ2v) is 7.59. The van der Waals surface area contributed by atoms with Crippen LogP contribution < -0.4 is 10.9 Å². The Morgan fingerprint density at radius 2 is 1.83 bits per heavy atom. The second-order valence-electron chi connectivity index (χ2n) is 6.74. The molecule has 0 atom stereocenters. The van der Waals surface area contributed by atoms with Gasteiger partial charge in [-0.2, -0.15) is 5.10 Å². The number of nitrogens with zero attached hydrogens (tertiary/aromatic N) is 4. The van der Waals surface area contributed by atoms with Crippen molar-refractivity contribution in [3.63, 3.8) is 0 Å². The molecule has 4 rings (SSSR count). The van der Waals surface area contributed by atoms with Gasteiger partial charge in [-0.25, -0.2) is 9.67 Å². The summed E-state index contributed by atoms with van der Waals surface area (Å²) in [6.07, 6.45) is 3.66. The zero-order chi connectivity index (χ0) is 21.1. The molecule has 2 aromatic carbocycles. The lowest BCUT2D eigenvalue weighted by Gasteiger charge is -2.12. The fourth-order valence-corrected chi connectivity index (χ4v) is 3.86. The normalized spacial score (nSPS) is 11.0. The van der Waals surface area contributed by atoms with Crippen LogP contribution in [0.5, 0.6) is 0 Å². The van der Waals surface area contributed by atoms with Gasteiger partial charge < -0.3 is 5.32 Å². The first-order valence-electron chi connectivity index (χ1n) is 9.52. The zero-order valence-corrected chi connectivity index (χ0v) is 17.5. The van der Waals surface area contributed by atoms with Gasteiger partial charge in [0.2, 0.25) is 5.91 Å². The van der Waals surface area contributed by atoms with E-state index in [9.17, 15) is 9.59 Å². The molecular weight excluding hydrogens is 398 g/mol. The molecule has 0 saturated carbocycles. The fraction of sp³-hybridized carbons (Fsp3) is 0.182. The monoisotopic (exact) mass is 419 g/mol. The van der Waals surface area contributed by atoms with E-state index in [1.54, 1.807) is 23.4 Å². The maximum atomic E-state index is 13.0. The van der Waals surface area contributed by atoms with E-state index in [4.69, 9.17) is 0 Å². The van der Waals surface area contributed by atoms with E-state index >= 15 is 0 Å². The lowest BCUT2D eigenvalue weighted by molar-refractivity contribution is -0.116. The van der Waals surface area contributed by atoms with E-state index in [-0.39, 0.29) is 24.4 Å². The summed E-state index contributed by atoms with van der Waals surface area (Å²) in [4.78, 5) is 31.0. The zero-order valence-electron chi connectivity index (χ0n) is 16.7. The third-order valence-electron chi connectivity index (χ3n) is 4.82. The summed E-state index contributed by atoms with van der Waals surface area (Å²) in [5.74, 6) is 0.394. The number of benzene rings is 2. The number of anilines is 1. The highest BCUT2D eigenvalue weighted by Gasteiger charge is 2.15. The standard InChI is InChI=1S/C22H21N5O2S/c1-15-24-21-17(14-23-27(21)16-8-4-3-5-9-16)22(29)26(15)13-12-20(28)25-18-10-6-7-11-19(18)30-2/h3-11,14H,12-13H2,1-2H3,(H,25,28). The highest BCUT2D eigenvalue weighted by atomic mass is 32.2. The summed E-state index contributed by atoms with van der Waals surface area (Å²) in [6.45, 7) is 2.02. The molecule has 0 spiro atoms. The maximum absolute atomic E-state index is 13.0. The molecule has 0 radical (unpaired) electrons. The number of nitrogens with one attached hydrogen (secondary N) is 1. The van der Waals surface area contributed by atoms with Crippen LogP contribution in [0.4, 0.5) is 5.69 Å². The quantitative estimate of drug-likeness (QED) is 0.483. The minimum absolute atomic E-state index is 0.150. The number of carbonyl (C=O) groups is 1. The number of rotatable bonds is 6. The number of amides is 1. The molecule has 1 N–H and O–H groups in total. The van der Waals surface area contributed by atoms with Crippen LogP contribution in [0.2, 0.25) is 0 Å². The highest BCUT2D eigenvalue weighted by molar-refractivity contribution is 7.98. The Balaban J connectivity index is 1.56. The van der Waals surface area contributed by atoms with Crippen molar-refractivity contribution >= 4 is 34.4 Å². The van der Waals surface area contributed by atoms with Crippen molar-refractivity contribution in [3.05, 3.63) is 77.0 Å². The number of carbonyl (C=O) groups excluding carboxylic acids is 1. The van der Waals surface area contributed by atoms with E-state index in [0.717, 1.165) is 16.3 Å². The molecule has 7 nitrogen and oxygen atoms in total. The average molecular weight is 420 g/mol. The van der Waals surface area contributed by atoms with Crippen LogP contribution in [0.1, 0.15) is 12.2 Å². The van der Waals surface area contributed by atoms with Gasteiger partial charge in [-0.1, -0.05) is 30.3 Å². The van der Waals surface area contributed by atoms with Crippen molar-refractivity contribution in [2.24, 2.45) is 0 Å². The van der Waals surface area contributed by atoms with Crippen molar-refractivity contribution in [2.75, 3.05) is 11.6 Å². The van der Waals surface area contributed by atoms with Gasteiger partial charge in [0.25, 0.3) is 5.56 Å². The van der Waals surface area contributed by atoms with Crippen LogP contribution in [0, 0.1) is 6.92 Å². The Morgan fingerprint density at radius 1 is 1.10 bits per heavy atom. The Bertz CT molecular complexity index is 1260. The molecule has 152 valence electrons. The van der Waals surface area contributed by atoms with Gasteiger partial charge in [0.15, 0.2) is 5.65 Å². The van der Waals surface area contributed by atoms with Crippen molar-refractivity contribution in [2.45, 2.75) is 24.8 Å². The Morgan fingerprint density at radius 3 is 2.60 bits per heavy atom. The highest BCUT2D eigenvalue weighted by Crippen LogP contribution is 2.24. The van der Waals surface area contributed by atoms with Gasteiger partial charge in [0.05, 0.1) is 17.6 Å². The molecule has 0 aliphatic rings. The molecule has 2 heterocycles. The fourth-order valence-electron chi connectivity index (χ4n) is 3.30. The summed E-state index contributed by atoms with van der Waals surface area (Å²) in [7, 11) is 0. The number of hydrogen-bond acceptors (Lipinski definition) is 5. The summed E-state index contributed by atoms with van der Waals surface area (Å²) in [5.41, 5.74) is 1.93. The van der Waals surface area contributed by atoms with Gasteiger partial charge in [-0.3, -0.25) is 14.2 Å². The number of fused-ring (bicyclic) bond motifs is 1. The average Bonchev–Trinajstić information content (AvgIpc) is 3.18. The van der Waals surface area contributed by atoms with E-state index in [1.807, 2.05) is 60.9 Å². The molecule has 0 bridgehead atoms. The number of thioether (sulfide) groups is 1. The predicted molar refractivity (Wildman–Crippen MR) is 119 cm³/mol. The molecule has 0 aliphatic heterocycles. The molecular formula is C22H21N5O2S. The SMILES string of the molecule is CSc1ccccc1NC(=O)CCn1c(C)nc2c(cnn2-c2ccccc2)c1=O. The first-order chi connectivity index (χ1) is 14.6. The summed E-state index contributed by atoms with van der Waals surface area (Å²) >= 11 is 1.57. The molecule has 0 unspecified atom stereocenters. The summed E-state index contributed by atoms with van der Waals surface area (Å²) < 4.78 is 3.18. The van der Waals surface area contributed by atoms with E-state index < -0.39 is 0 Å². The molecule has 30 heavy (non-hydrogen) atoms. The number of aryl methyl sites for hydroxylation is 1. The minimum atomic E-state index is -0.197. The molecule has 0 fully saturated rings. The maximum Gasteiger partial charge on any atom is 0.264 e. The number of hydrogen-bond donors (Lipinski definition) is 1. The van der Waals surface area contributed by atoms with Crippen molar-refractivity contribution in [3.8, 4) is 5.69 Å². The first-order valence-corrected chi connectivity index (χ1v) is 10.7. The van der Waals surface area contributed by atoms with Crippen LogP contribution in [0.3, 0.4) is 0 Å². The van der Waals surface area contributed by atoms with Crippen molar-refractivity contribution in [1.82, 2.24) is 19.3 Å². The van der Waals surface area contributed by atoms with Gasteiger partial charge in [-0.05, 0) is 37.4 Å². The van der Waals surface area contributed by atoms with E-state index in [2.05, 4.69) is 15.4 Å². The van der Waals surface area contributed by atoms with Gasteiger partial charge >= 0.3 is 0 Å². The van der Waals surface area contributed by atoms with E-state index in [0.29, 0.717) is 16.9 Å². The van der Waals surface area contributed by atoms with Crippen LogP contribution in [0.25, 0.3) is 16.7 Å². The third kappa shape index (κ3) is 3.86. The van der Waals surface area contributed by atoms with Gasteiger partial charge in [-0.15, -0.1) is 11.8 Å². The smallest absolute Gasteiger partial charge is 0.264 e. The topological polar surface area (TPSA) is 81.8 Å². The largest absolute Gasteiger partial charge is 0.325 e. The van der Waals surface area contributed by atoms with E-state index in [1.165, 1.54) is 10.8 Å². The lowest BCUT2D eigenvalue weighted by atomic mass is 10.3. The van der Waals surface area contributed by atoms with Crippen LogP contribution in [-0.2, 0) is 11.3 Å². The third-order valence-corrected chi connectivity index (χ3v) is 5.62. The minimum Gasteiger partial charge on any atom is -0.325 e. The lowest BCUT2D eigenvalue weighted by Crippen LogP contribution is -2.26. The van der Waals surface area contributed by atoms with Crippen molar-refractivity contribution in [1.29, 1.82) is 0 Å². The Hall–Kier alpha value is -3.39. The first kappa shape index (κ1) is 19.9. The Labute approximate surface area is 177 Å². The van der Waals surface area contributed by atoms with Crippen LogP contribution in [0.15, 0.2) is 70.5 Å². The molecule has 1 amide bonds. The van der Waals surface area contributed by atoms with Crippen LogP contribution in [-0.4, -0.2) is 31.5 Å². The summed E-state index contributed by atoms with van der Waals surface area (Å²) in [5, 5.41) is 7.69. The van der Waals surface area contributed by atoms with Crippen LogP contribution >= 0.6 is 11.8 Å². The number of para-hydroxylation sites is 2. The van der Waals surface area contributed by atoms with Crippen molar-refractivity contribution < 1.29 is 4.79 Å². The second kappa shape index (κ2) is 8.54. The van der Waals surface area contributed by atoms with Gasteiger partial charge in [0, 0.05) is 17.9 Å². The summed E-state index contributed by atoms with van der Waals surface area (Å²) in [6, 6.07) is 17.2. The molecule has 4 aromatic rings. The molecule has 0 saturated heterocycles. The Kier molecular flexibility index (Phi) is 5.67. The molecule has 2 aromatic heterocycles. The molecule has 0 aliphatic carbocycles.